The summed E-state index contributed by atoms with van der Waals surface area (Å²) < 4.78 is 13.1. The van der Waals surface area contributed by atoms with Crippen molar-refractivity contribution in [3.63, 3.8) is 0 Å². The Morgan fingerprint density at radius 3 is 2.67 bits per heavy atom. The van der Waals surface area contributed by atoms with E-state index < -0.39 is 0 Å². The molecule has 5 nitrogen and oxygen atoms in total. The van der Waals surface area contributed by atoms with Gasteiger partial charge in [-0.2, -0.15) is 0 Å². The molecule has 1 aliphatic rings. The van der Waals surface area contributed by atoms with Crippen LogP contribution in [0.2, 0.25) is 0 Å². The van der Waals surface area contributed by atoms with E-state index in [9.17, 15) is 4.79 Å². The lowest BCUT2D eigenvalue weighted by molar-refractivity contribution is 0.00367. The van der Waals surface area contributed by atoms with Crippen LogP contribution in [0, 0.1) is 13.8 Å². The zero-order chi connectivity index (χ0) is 19.2. The molecule has 0 N–H and O–H groups in total. The largest absolute Gasteiger partial charge is 0.379 e. The quantitative estimate of drug-likeness (QED) is 0.714. The smallest absolute Gasteiger partial charge is 0.258 e. The Kier molecular flexibility index (Phi) is 7.05. The Balaban J connectivity index is 1.46. The third kappa shape index (κ3) is 5.41. The molecule has 0 radical (unpaired) electrons. The summed E-state index contributed by atoms with van der Waals surface area (Å²) in [5, 5.41) is 1.84. The molecule has 3 rings (SSSR count). The van der Waals surface area contributed by atoms with Crippen LogP contribution in [0.1, 0.15) is 30.9 Å². The van der Waals surface area contributed by atoms with Gasteiger partial charge in [0.15, 0.2) is 0 Å². The van der Waals surface area contributed by atoms with Gasteiger partial charge in [0.1, 0.15) is 0 Å². The second-order valence-electron chi connectivity index (χ2n) is 7.62. The summed E-state index contributed by atoms with van der Waals surface area (Å²) in [6.45, 7) is 12.4. The summed E-state index contributed by atoms with van der Waals surface area (Å²) in [6, 6.07) is 6.16. The fourth-order valence-electron chi connectivity index (χ4n) is 3.57. The Morgan fingerprint density at radius 2 is 1.89 bits per heavy atom. The van der Waals surface area contributed by atoms with Crippen molar-refractivity contribution in [3.05, 3.63) is 45.9 Å². The van der Waals surface area contributed by atoms with Gasteiger partial charge < -0.3 is 14.0 Å². The number of hydrogen-bond acceptors (Lipinski definition) is 4. The fraction of sp³-hybridized carbons (Fsp3) is 0.591. The maximum absolute atomic E-state index is 12.7. The Morgan fingerprint density at radius 1 is 1.15 bits per heavy atom. The highest BCUT2D eigenvalue weighted by atomic mass is 16.5. The van der Waals surface area contributed by atoms with Crippen LogP contribution in [0.25, 0.3) is 10.8 Å². The summed E-state index contributed by atoms with van der Waals surface area (Å²) in [4.78, 5) is 15.1. The van der Waals surface area contributed by atoms with Crippen molar-refractivity contribution >= 4 is 10.8 Å². The monoisotopic (exact) mass is 372 g/mol. The van der Waals surface area contributed by atoms with Gasteiger partial charge in [-0.1, -0.05) is 6.07 Å². The summed E-state index contributed by atoms with van der Waals surface area (Å²) in [6.07, 6.45) is 4.03. The van der Waals surface area contributed by atoms with Crippen LogP contribution in [0.4, 0.5) is 0 Å². The van der Waals surface area contributed by atoms with E-state index >= 15 is 0 Å². The molecule has 1 atom stereocenters. The molecule has 148 valence electrons. The van der Waals surface area contributed by atoms with Crippen LogP contribution in [0.5, 0.6) is 0 Å². The lowest BCUT2D eigenvalue weighted by Gasteiger charge is -2.26. The molecule has 2 aromatic rings. The van der Waals surface area contributed by atoms with Gasteiger partial charge in [0, 0.05) is 37.8 Å². The molecular weight excluding hydrogens is 340 g/mol. The molecule has 0 amide bonds. The number of benzene rings is 1. The van der Waals surface area contributed by atoms with Crippen LogP contribution in [0.3, 0.4) is 0 Å². The van der Waals surface area contributed by atoms with Crippen LogP contribution in [-0.2, 0) is 16.0 Å². The Labute approximate surface area is 161 Å². The number of aryl methyl sites for hydroxylation is 3. The van der Waals surface area contributed by atoms with Gasteiger partial charge in [-0.05, 0) is 62.3 Å². The number of ether oxygens (including phenoxy) is 2. The number of hydrogen-bond donors (Lipinski definition) is 0. The molecule has 1 saturated heterocycles. The minimum Gasteiger partial charge on any atom is -0.379 e. The van der Waals surface area contributed by atoms with Crippen molar-refractivity contribution in [3.8, 4) is 0 Å². The van der Waals surface area contributed by atoms with Crippen molar-refractivity contribution < 1.29 is 9.47 Å². The molecule has 1 aromatic carbocycles. The van der Waals surface area contributed by atoms with E-state index in [1.54, 1.807) is 0 Å². The maximum Gasteiger partial charge on any atom is 0.258 e. The molecule has 1 unspecified atom stereocenters. The van der Waals surface area contributed by atoms with Gasteiger partial charge in [0.25, 0.3) is 5.56 Å². The van der Waals surface area contributed by atoms with Gasteiger partial charge in [-0.3, -0.25) is 9.69 Å². The highest BCUT2D eigenvalue weighted by Gasteiger charge is 2.11. The normalized spacial score (nSPS) is 16.7. The fourth-order valence-corrected chi connectivity index (χ4v) is 3.57. The van der Waals surface area contributed by atoms with Crippen molar-refractivity contribution in [1.82, 2.24) is 9.47 Å². The highest BCUT2D eigenvalue weighted by Crippen LogP contribution is 2.16. The average molecular weight is 373 g/mol. The zero-order valence-electron chi connectivity index (χ0n) is 16.9. The Bertz CT molecular complexity index is 809. The van der Waals surface area contributed by atoms with Crippen LogP contribution in [-0.4, -0.2) is 55.0 Å². The Hall–Kier alpha value is -1.69. The molecule has 1 aliphatic heterocycles. The third-order valence-corrected chi connectivity index (χ3v) is 5.51. The van der Waals surface area contributed by atoms with Crippen molar-refractivity contribution in [2.45, 2.75) is 46.3 Å². The molecule has 0 aliphatic carbocycles. The van der Waals surface area contributed by atoms with Gasteiger partial charge in [0.05, 0.1) is 25.9 Å². The van der Waals surface area contributed by atoms with Crippen LogP contribution >= 0.6 is 0 Å². The summed E-state index contributed by atoms with van der Waals surface area (Å²) in [5.41, 5.74) is 2.50. The molecule has 0 saturated carbocycles. The number of aromatic nitrogens is 1. The van der Waals surface area contributed by atoms with Crippen molar-refractivity contribution in [2.75, 3.05) is 39.5 Å². The second kappa shape index (κ2) is 9.49. The molecular formula is C22H32N2O3. The molecule has 1 aromatic heterocycles. The van der Waals surface area contributed by atoms with E-state index in [0.717, 1.165) is 69.6 Å². The summed E-state index contributed by atoms with van der Waals surface area (Å²) >= 11 is 0. The average Bonchev–Trinajstić information content (AvgIpc) is 2.66. The minimum atomic E-state index is 0.108. The summed E-state index contributed by atoms with van der Waals surface area (Å²) in [5.74, 6) is 0. The number of morpholine rings is 1. The molecule has 2 heterocycles. The predicted octanol–water partition coefficient (Wildman–Crippen LogP) is 3.14. The number of nitrogens with zero attached hydrogens (tertiary/aromatic N) is 2. The third-order valence-electron chi connectivity index (χ3n) is 5.51. The van der Waals surface area contributed by atoms with E-state index in [-0.39, 0.29) is 11.7 Å². The van der Waals surface area contributed by atoms with E-state index in [2.05, 4.69) is 31.7 Å². The number of pyridine rings is 1. The van der Waals surface area contributed by atoms with Gasteiger partial charge in [-0.25, -0.2) is 0 Å². The first-order valence-electron chi connectivity index (χ1n) is 10.1. The first-order chi connectivity index (χ1) is 13.0. The molecule has 5 heteroatoms. The standard InChI is InChI=1S/C22H32N2O3/c1-17-15-20-6-8-24(22(25)21(20)16-18(17)2)7-4-5-19(3)27-14-11-23-9-12-26-13-10-23/h6,8,15-16,19H,4-5,7,9-14H2,1-3H3. The van der Waals surface area contributed by atoms with E-state index in [0.29, 0.717) is 0 Å². The van der Waals surface area contributed by atoms with Gasteiger partial charge in [0.2, 0.25) is 0 Å². The molecule has 1 fully saturated rings. The number of rotatable bonds is 8. The highest BCUT2D eigenvalue weighted by molar-refractivity contribution is 5.83. The molecule has 27 heavy (non-hydrogen) atoms. The topological polar surface area (TPSA) is 43.7 Å². The molecule has 0 bridgehead atoms. The van der Waals surface area contributed by atoms with E-state index in [4.69, 9.17) is 9.47 Å². The van der Waals surface area contributed by atoms with E-state index in [1.165, 1.54) is 11.1 Å². The van der Waals surface area contributed by atoms with Gasteiger partial charge >= 0.3 is 0 Å². The first kappa shape index (κ1) is 20.1. The SMILES string of the molecule is Cc1cc2ccn(CCCC(C)OCCN3CCOCC3)c(=O)c2cc1C. The molecule has 0 spiro atoms. The lowest BCUT2D eigenvalue weighted by Crippen LogP contribution is -2.38. The second-order valence-corrected chi connectivity index (χ2v) is 7.62. The minimum absolute atomic E-state index is 0.108. The van der Waals surface area contributed by atoms with Crippen LogP contribution in [0.15, 0.2) is 29.2 Å². The van der Waals surface area contributed by atoms with Crippen molar-refractivity contribution in [2.24, 2.45) is 0 Å². The van der Waals surface area contributed by atoms with E-state index in [1.807, 2.05) is 22.9 Å². The van der Waals surface area contributed by atoms with Gasteiger partial charge in [-0.15, -0.1) is 0 Å². The summed E-state index contributed by atoms with van der Waals surface area (Å²) in [7, 11) is 0. The lowest BCUT2D eigenvalue weighted by atomic mass is 10.0. The predicted molar refractivity (Wildman–Crippen MR) is 110 cm³/mol. The maximum atomic E-state index is 12.7. The first-order valence-corrected chi connectivity index (χ1v) is 10.1. The van der Waals surface area contributed by atoms with Crippen LogP contribution < -0.4 is 5.56 Å². The zero-order valence-corrected chi connectivity index (χ0v) is 16.9. The van der Waals surface area contributed by atoms with Crippen molar-refractivity contribution in [1.29, 1.82) is 0 Å². The number of fused-ring (bicyclic) bond motifs is 1.